The highest BCUT2D eigenvalue weighted by atomic mass is 16.4. The van der Waals surface area contributed by atoms with E-state index >= 15 is 0 Å². The van der Waals surface area contributed by atoms with Crippen LogP contribution in [0.4, 0.5) is 17.1 Å². The van der Waals surface area contributed by atoms with Crippen molar-refractivity contribution < 1.29 is 29.7 Å². The Hall–Kier alpha value is -5.05. The van der Waals surface area contributed by atoms with Crippen LogP contribution in [0.25, 0.3) is 10.8 Å². The Kier molecular flexibility index (Phi) is 6.00. The monoisotopic (exact) mass is 453 g/mol. The average molecular weight is 453 g/mol. The highest BCUT2D eigenvalue weighted by molar-refractivity contribution is 6.11. The van der Waals surface area contributed by atoms with E-state index < -0.39 is 29.2 Å². The molecule has 9 nitrogen and oxygen atoms in total. The first-order valence-electron chi connectivity index (χ1n) is 9.94. The van der Waals surface area contributed by atoms with Crippen molar-refractivity contribution >= 4 is 45.7 Å². The maximum Gasteiger partial charge on any atom is 0.335 e. The van der Waals surface area contributed by atoms with Gasteiger partial charge in [-0.05, 0) is 41.8 Å². The lowest BCUT2D eigenvalue weighted by Gasteiger charge is -2.18. The number of azo groups is 1. The van der Waals surface area contributed by atoms with Crippen LogP contribution in [0.5, 0.6) is 5.75 Å². The first kappa shape index (κ1) is 22.2. The van der Waals surface area contributed by atoms with Gasteiger partial charge in [0.25, 0.3) is 5.91 Å². The number of nitrogens with zero attached hydrogens (tertiary/aromatic N) is 2. The molecule has 4 rings (SSSR count). The lowest BCUT2D eigenvalue weighted by Crippen LogP contribution is -2.22. The van der Waals surface area contributed by atoms with Crippen LogP contribution in [0.15, 0.2) is 89.1 Å². The molecular formula is C25H15N3O6-2. The number of fused-ring (bicyclic) bond motifs is 1. The van der Waals surface area contributed by atoms with Gasteiger partial charge >= 0.3 is 5.97 Å². The zero-order valence-corrected chi connectivity index (χ0v) is 17.4. The van der Waals surface area contributed by atoms with Crippen molar-refractivity contribution in [3.63, 3.8) is 0 Å². The Morgan fingerprint density at radius 1 is 0.824 bits per heavy atom. The van der Waals surface area contributed by atoms with Crippen LogP contribution < -0.4 is 15.5 Å². The number of carbonyl (C=O) groups excluding carboxylic acids is 2. The number of rotatable bonds is 6. The fourth-order valence-corrected chi connectivity index (χ4v) is 3.32. The zero-order chi connectivity index (χ0) is 24.2. The van der Waals surface area contributed by atoms with E-state index in [-0.39, 0.29) is 22.5 Å². The topological polar surface area (TPSA) is 154 Å². The molecular weight excluding hydrogens is 438 g/mol. The number of benzene rings is 4. The number of nitrogens with one attached hydrogen (secondary N) is 1. The summed E-state index contributed by atoms with van der Waals surface area (Å²) >= 11 is 0. The zero-order valence-electron chi connectivity index (χ0n) is 17.4. The van der Waals surface area contributed by atoms with E-state index in [0.29, 0.717) is 16.5 Å². The van der Waals surface area contributed by atoms with E-state index in [2.05, 4.69) is 15.5 Å². The number of hydrogen-bond acceptors (Lipinski definition) is 7. The van der Waals surface area contributed by atoms with Crippen molar-refractivity contribution in [3.05, 3.63) is 95.6 Å². The summed E-state index contributed by atoms with van der Waals surface area (Å²) in [6.07, 6.45) is 0. The van der Waals surface area contributed by atoms with Crippen LogP contribution in [0, 0.1) is 0 Å². The third-order valence-corrected chi connectivity index (χ3v) is 4.92. The fourth-order valence-electron chi connectivity index (χ4n) is 3.32. The van der Waals surface area contributed by atoms with Gasteiger partial charge in [0.1, 0.15) is 0 Å². The van der Waals surface area contributed by atoms with E-state index in [1.165, 1.54) is 6.07 Å². The second-order valence-electron chi connectivity index (χ2n) is 7.20. The SMILES string of the molecule is O=C([O-])c1cc(N=Nc2c([O-])c(C(=O)Nc3ccccc3)cc3ccccc23)cc(C(=O)O)c1. The van der Waals surface area contributed by atoms with Gasteiger partial charge in [0, 0.05) is 22.2 Å². The van der Waals surface area contributed by atoms with Gasteiger partial charge < -0.3 is 25.4 Å². The Morgan fingerprint density at radius 3 is 2.21 bits per heavy atom. The highest BCUT2D eigenvalue weighted by Gasteiger charge is 2.14. The number of carboxylic acid groups (broad SMARTS) is 2. The quantitative estimate of drug-likeness (QED) is 0.425. The molecule has 34 heavy (non-hydrogen) atoms. The Balaban J connectivity index is 1.80. The first-order valence-corrected chi connectivity index (χ1v) is 9.94. The van der Waals surface area contributed by atoms with Crippen molar-refractivity contribution in [2.24, 2.45) is 10.2 Å². The minimum absolute atomic E-state index is 0.110. The number of amides is 1. The summed E-state index contributed by atoms with van der Waals surface area (Å²) in [6.45, 7) is 0. The summed E-state index contributed by atoms with van der Waals surface area (Å²) in [4.78, 5) is 35.4. The maximum atomic E-state index is 13.2. The Morgan fingerprint density at radius 2 is 1.50 bits per heavy atom. The van der Waals surface area contributed by atoms with Crippen LogP contribution in [-0.2, 0) is 0 Å². The largest absolute Gasteiger partial charge is 0.870 e. The average Bonchev–Trinajstić information content (AvgIpc) is 2.83. The smallest absolute Gasteiger partial charge is 0.335 e. The van der Waals surface area contributed by atoms with Crippen molar-refractivity contribution in [2.45, 2.75) is 0 Å². The maximum absolute atomic E-state index is 13.2. The molecule has 0 saturated carbocycles. The molecule has 168 valence electrons. The van der Waals surface area contributed by atoms with Gasteiger partial charge in [0.05, 0.1) is 22.9 Å². The molecule has 0 bridgehead atoms. The minimum atomic E-state index is -1.59. The van der Waals surface area contributed by atoms with Gasteiger partial charge in [-0.25, -0.2) is 4.79 Å². The summed E-state index contributed by atoms with van der Waals surface area (Å²) in [6, 6.07) is 19.9. The van der Waals surface area contributed by atoms with Crippen molar-refractivity contribution in [1.82, 2.24) is 0 Å². The molecule has 4 aromatic rings. The summed E-state index contributed by atoms with van der Waals surface area (Å²) in [7, 11) is 0. The van der Waals surface area contributed by atoms with Crippen LogP contribution in [0.1, 0.15) is 31.1 Å². The van der Waals surface area contributed by atoms with Gasteiger partial charge in [0.2, 0.25) is 0 Å². The second-order valence-corrected chi connectivity index (χ2v) is 7.20. The molecule has 0 fully saturated rings. The molecule has 0 radical (unpaired) electrons. The predicted octanol–water partition coefficient (Wildman–Crippen LogP) is 3.64. The lowest BCUT2D eigenvalue weighted by atomic mass is 10.0. The van der Waals surface area contributed by atoms with E-state index in [9.17, 15) is 29.7 Å². The second kappa shape index (κ2) is 9.21. The number of anilines is 1. The van der Waals surface area contributed by atoms with E-state index in [1.54, 1.807) is 54.6 Å². The molecule has 0 unspecified atom stereocenters. The van der Waals surface area contributed by atoms with Gasteiger partial charge in [-0.3, -0.25) is 4.79 Å². The van der Waals surface area contributed by atoms with Crippen LogP contribution >= 0.6 is 0 Å². The van der Waals surface area contributed by atoms with Gasteiger partial charge in [0.15, 0.2) is 0 Å². The summed E-state index contributed by atoms with van der Waals surface area (Å²) in [5, 5.41) is 45.1. The summed E-state index contributed by atoms with van der Waals surface area (Å²) in [5.74, 6) is -4.28. The fraction of sp³-hybridized carbons (Fsp3) is 0. The van der Waals surface area contributed by atoms with Crippen LogP contribution in [0.3, 0.4) is 0 Å². The molecule has 0 spiro atoms. The van der Waals surface area contributed by atoms with E-state index in [1.807, 2.05) is 0 Å². The standard InChI is InChI=1S/C25H17N3O6/c29-22-20(23(30)26-17-7-2-1-3-8-17)13-14-6-4-5-9-19(14)21(22)28-27-18-11-15(24(31)32)10-16(12-18)25(33)34/h1-13,29H,(H,26,30)(H,31,32)(H,33,34)/p-2. The third kappa shape index (κ3) is 4.58. The first-order chi connectivity index (χ1) is 16.3. The molecule has 1 amide bonds. The number of aromatic carboxylic acids is 2. The van der Waals surface area contributed by atoms with Crippen LogP contribution in [-0.4, -0.2) is 23.0 Å². The van der Waals surface area contributed by atoms with Crippen LogP contribution in [0.2, 0.25) is 0 Å². The normalized spacial score (nSPS) is 10.9. The predicted molar refractivity (Wildman–Crippen MR) is 120 cm³/mol. The highest BCUT2D eigenvalue weighted by Crippen LogP contribution is 2.38. The third-order valence-electron chi connectivity index (χ3n) is 4.92. The van der Waals surface area contributed by atoms with Crippen molar-refractivity contribution in [2.75, 3.05) is 5.32 Å². The molecule has 0 aliphatic carbocycles. The molecule has 2 N–H and O–H groups in total. The summed E-state index contributed by atoms with van der Waals surface area (Å²) in [5.41, 5.74) is -0.653. The molecule has 0 atom stereocenters. The molecule has 0 saturated heterocycles. The molecule has 4 aromatic carbocycles. The molecule has 9 heteroatoms. The Bertz CT molecular complexity index is 1430. The van der Waals surface area contributed by atoms with E-state index in [0.717, 1.165) is 18.2 Å². The number of carboxylic acids is 2. The van der Waals surface area contributed by atoms with E-state index in [4.69, 9.17) is 0 Å². The van der Waals surface area contributed by atoms with Gasteiger partial charge in [-0.1, -0.05) is 48.2 Å². The molecule has 0 heterocycles. The lowest BCUT2D eigenvalue weighted by molar-refractivity contribution is -0.267. The molecule has 0 aliphatic rings. The molecule has 0 aliphatic heterocycles. The van der Waals surface area contributed by atoms with Gasteiger partial charge in [-0.2, -0.15) is 10.2 Å². The summed E-state index contributed by atoms with van der Waals surface area (Å²) < 4.78 is 0. The number of hydrogen-bond donors (Lipinski definition) is 2. The van der Waals surface area contributed by atoms with Crippen molar-refractivity contribution in [1.29, 1.82) is 0 Å². The molecule has 0 aromatic heterocycles. The number of carbonyl (C=O) groups is 3. The van der Waals surface area contributed by atoms with Crippen molar-refractivity contribution in [3.8, 4) is 5.75 Å². The Labute approximate surface area is 192 Å². The van der Waals surface area contributed by atoms with Gasteiger partial charge in [-0.15, -0.1) is 0 Å². The minimum Gasteiger partial charge on any atom is -0.870 e. The number of para-hydroxylation sites is 1.